The van der Waals surface area contributed by atoms with Gasteiger partial charge < -0.3 is 9.64 Å². The number of hydrogen-bond donors (Lipinski definition) is 0. The van der Waals surface area contributed by atoms with Crippen LogP contribution in [0.2, 0.25) is 0 Å². The molecule has 0 aliphatic rings. The molecule has 102 valence electrons. The predicted molar refractivity (Wildman–Crippen MR) is 73.8 cm³/mol. The number of ether oxygens (including phenoxy) is 1. The maximum atomic E-state index is 11.8. The second kappa shape index (κ2) is 6.79. The first-order valence-electron chi connectivity index (χ1n) is 6.25. The number of amides is 1. The van der Waals surface area contributed by atoms with Crippen molar-refractivity contribution < 1.29 is 9.53 Å². The summed E-state index contributed by atoms with van der Waals surface area (Å²) >= 11 is 0. The van der Waals surface area contributed by atoms with E-state index in [9.17, 15) is 4.79 Å². The van der Waals surface area contributed by atoms with Gasteiger partial charge >= 0.3 is 0 Å². The molecule has 0 bridgehead atoms. The molecule has 0 spiro atoms. The van der Waals surface area contributed by atoms with Crippen LogP contribution in [0.3, 0.4) is 0 Å². The van der Waals surface area contributed by atoms with Gasteiger partial charge in [-0.15, -0.1) is 0 Å². The lowest BCUT2D eigenvalue weighted by atomic mass is 10.0. The van der Waals surface area contributed by atoms with E-state index in [2.05, 4.69) is 0 Å². The molecule has 1 rings (SSSR count). The fraction of sp³-hybridized carbons (Fsp3) is 0.467. The van der Waals surface area contributed by atoms with E-state index in [0.29, 0.717) is 6.54 Å². The van der Waals surface area contributed by atoms with Crippen molar-refractivity contribution in [3.8, 4) is 11.8 Å². The summed E-state index contributed by atoms with van der Waals surface area (Å²) in [5.41, 5.74) is 3.34. The zero-order valence-electron chi connectivity index (χ0n) is 12.0. The summed E-state index contributed by atoms with van der Waals surface area (Å²) in [7, 11) is 3.41. The number of carbonyl (C=O) groups excluding carboxylic acids is 1. The molecule has 0 saturated carbocycles. The van der Waals surface area contributed by atoms with Crippen molar-refractivity contribution in [3.05, 3.63) is 28.8 Å². The molecule has 4 heteroatoms. The molecule has 0 aliphatic carbocycles. The minimum absolute atomic E-state index is 0.00517. The number of rotatable bonds is 5. The highest BCUT2D eigenvalue weighted by molar-refractivity contribution is 5.76. The largest absolute Gasteiger partial charge is 0.496 e. The maximum Gasteiger partial charge on any atom is 0.223 e. The predicted octanol–water partition coefficient (Wildman–Crippen LogP) is 2.57. The minimum atomic E-state index is -0.00517. The van der Waals surface area contributed by atoms with Crippen LogP contribution in [0.1, 0.15) is 29.5 Å². The Morgan fingerprint density at radius 1 is 1.37 bits per heavy atom. The van der Waals surface area contributed by atoms with Crippen molar-refractivity contribution in [2.45, 2.75) is 33.2 Å². The third-order valence-corrected chi connectivity index (χ3v) is 3.35. The van der Waals surface area contributed by atoms with Gasteiger partial charge in [-0.3, -0.25) is 4.79 Å². The first-order chi connectivity index (χ1) is 9.01. The number of nitriles is 1. The van der Waals surface area contributed by atoms with E-state index in [1.54, 1.807) is 19.1 Å². The Morgan fingerprint density at radius 2 is 2.05 bits per heavy atom. The quantitative estimate of drug-likeness (QED) is 0.817. The van der Waals surface area contributed by atoms with Gasteiger partial charge in [0.25, 0.3) is 0 Å². The van der Waals surface area contributed by atoms with Crippen LogP contribution in [0.15, 0.2) is 12.1 Å². The Morgan fingerprint density at radius 3 is 2.63 bits per heavy atom. The molecule has 19 heavy (non-hydrogen) atoms. The molecule has 4 nitrogen and oxygen atoms in total. The third-order valence-electron chi connectivity index (χ3n) is 3.35. The van der Waals surface area contributed by atoms with Crippen molar-refractivity contribution >= 4 is 5.91 Å². The molecule has 0 heterocycles. The van der Waals surface area contributed by atoms with E-state index in [4.69, 9.17) is 10.00 Å². The van der Waals surface area contributed by atoms with Gasteiger partial charge in [-0.05, 0) is 36.6 Å². The lowest BCUT2D eigenvalue weighted by molar-refractivity contribution is -0.130. The van der Waals surface area contributed by atoms with Gasteiger partial charge in [0, 0.05) is 26.4 Å². The minimum Gasteiger partial charge on any atom is -0.496 e. The standard InChI is InChI=1S/C15H20N2O2/c1-11-12(2)14(19-4)8-7-13(11)10-17(3)15(18)6-5-9-16/h7-8H,5-6,10H2,1-4H3. The summed E-state index contributed by atoms with van der Waals surface area (Å²) in [6.45, 7) is 4.59. The van der Waals surface area contributed by atoms with Crippen molar-refractivity contribution in [2.24, 2.45) is 0 Å². The van der Waals surface area contributed by atoms with Crippen LogP contribution in [-0.2, 0) is 11.3 Å². The molecule has 0 saturated heterocycles. The monoisotopic (exact) mass is 260 g/mol. The van der Waals surface area contributed by atoms with E-state index >= 15 is 0 Å². The van der Waals surface area contributed by atoms with E-state index in [0.717, 1.165) is 22.4 Å². The topological polar surface area (TPSA) is 53.3 Å². The molecule has 0 aliphatic heterocycles. The molecule has 0 atom stereocenters. The summed E-state index contributed by atoms with van der Waals surface area (Å²) in [4.78, 5) is 13.4. The highest BCUT2D eigenvalue weighted by Gasteiger charge is 2.12. The van der Waals surface area contributed by atoms with Gasteiger partial charge in [-0.2, -0.15) is 5.26 Å². The summed E-state index contributed by atoms with van der Waals surface area (Å²) in [5, 5.41) is 8.49. The van der Waals surface area contributed by atoms with Gasteiger partial charge in [0.15, 0.2) is 0 Å². The SMILES string of the molecule is COc1ccc(CN(C)C(=O)CCC#N)c(C)c1C. The second-order valence-electron chi connectivity index (χ2n) is 4.58. The van der Waals surface area contributed by atoms with Crippen LogP contribution in [0, 0.1) is 25.2 Å². The first kappa shape index (κ1) is 15.0. The number of carbonyl (C=O) groups is 1. The molecular formula is C15H20N2O2. The lowest BCUT2D eigenvalue weighted by Crippen LogP contribution is -2.26. The molecule has 0 aromatic heterocycles. The average Bonchev–Trinajstić information content (AvgIpc) is 2.41. The number of hydrogen-bond acceptors (Lipinski definition) is 3. The van der Waals surface area contributed by atoms with E-state index < -0.39 is 0 Å². The van der Waals surface area contributed by atoms with Crippen molar-refractivity contribution in [2.75, 3.05) is 14.2 Å². The Labute approximate surface area is 114 Å². The number of methoxy groups -OCH3 is 1. The summed E-state index contributed by atoms with van der Waals surface area (Å²) < 4.78 is 5.27. The van der Waals surface area contributed by atoms with Gasteiger partial charge in [0.1, 0.15) is 5.75 Å². The van der Waals surface area contributed by atoms with Gasteiger partial charge in [-0.1, -0.05) is 6.07 Å². The van der Waals surface area contributed by atoms with Crippen LogP contribution in [0.25, 0.3) is 0 Å². The van der Waals surface area contributed by atoms with Crippen molar-refractivity contribution in [1.29, 1.82) is 5.26 Å². The highest BCUT2D eigenvalue weighted by atomic mass is 16.5. The Hall–Kier alpha value is -2.02. The Balaban J connectivity index is 2.80. The maximum absolute atomic E-state index is 11.8. The molecule has 1 aromatic carbocycles. The molecule has 1 amide bonds. The van der Waals surface area contributed by atoms with E-state index in [1.807, 2.05) is 32.0 Å². The van der Waals surface area contributed by atoms with E-state index in [1.165, 1.54) is 0 Å². The summed E-state index contributed by atoms with van der Waals surface area (Å²) in [6, 6.07) is 5.89. The average molecular weight is 260 g/mol. The fourth-order valence-corrected chi connectivity index (χ4v) is 1.94. The zero-order chi connectivity index (χ0) is 14.4. The van der Waals surface area contributed by atoms with Gasteiger partial charge in [-0.25, -0.2) is 0 Å². The van der Waals surface area contributed by atoms with Crippen LogP contribution >= 0.6 is 0 Å². The fourth-order valence-electron chi connectivity index (χ4n) is 1.94. The van der Waals surface area contributed by atoms with Gasteiger partial charge in [0.05, 0.1) is 13.2 Å². The summed E-state index contributed by atoms with van der Waals surface area (Å²) in [5.74, 6) is 0.856. The first-order valence-corrected chi connectivity index (χ1v) is 6.25. The lowest BCUT2D eigenvalue weighted by Gasteiger charge is -2.19. The van der Waals surface area contributed by atoms with E-state index in [-0.39, 0.29) is 18.7 Å². The molecular weight excluding hydrogens is 240 g/mol. The molecule has 1 aromatic rings. The number of nitrogens with zero attached hydrogens (tertiary/aromatic N) is 2. The molecule has 0 radical (unpaired) electrons. The third kappa shape index (κ3) is 3.72. The van der Waals surface area contributed by atoms with Crippen molar-refractivity contribution in [3.63, 3.8) is 0 Å². The molecule has 0 unspecified atom stereocenters. The van der Waals surface area contributed by atoms with Crippen LogP contribution in [-0.4, -0.2) is 25.0 Å². The molecule has 0 N–H and O–H groups in total. The second-order valence-corrected chi connectivity index (χ2v) is 4.58. The van der Waals surface area contributed by atoms with Gasteiger partial charge in [0.2, 0.25) is 5.91 Å². The molecule has 0 fully saturated rings. The number of benzene rings is 1. The van der Waals surface area contributed by atoms with Crippen LogP contribution in [0.5, 0.6) is 5.75 Å². The van der Waals surface area contributed by atoms with Crippen LogP contribution in [0.4, 0.5) is 0 Å². The van der Waals surface area contributed by atoms with Crippen LogP contribution < -0.4 is 4.74 Å². The normalized spacial score (nSPS) is 9.84. The highest BCUT2D eigenvalue weighted by Crippen LogP contribution is 2.24. The Kier molecular flexibility index (Phi) is 5.37. The smallest absolute Gasteiger partial charge is 0.223 e. The summed E-state index contributed by atoms with van der Waals surface area (Å²) in [6.07, 6.45) is 0.547. The Bertz CT molecular complexity index is 504. The van der Waals surface area contributed by atoms with Crippen molar-refractivity contribution in [1.82, 2.24) is 4.90 Å². The zero-order valence-corrected chi connectivity index (χ0v) is 12.0.